The molecule has 0 radical (unpaired) electrons. The highest BCUT2D eigenvalue weighted by Gasteiger charge is 2.33. The Hall–Kier alpha value is -3.25. The number of nitrogens with two attached hydrogens (primary N) is 1. The van der Waals surface area contributed by atoms with Gasteiger partial charge in [-0.2, -0.15) is 0 Å². The SMILES string of the molecule is COC1CCC(c2nc(C3C=Cc4ccc(C5C=CC=CC5)nc4C3C)c3c(N)nccn23)CC1. The highest BCUT2D eigenvalue weighted by atomic mass is 16.5. The second-order valence-corrected chi connectivity index (χ2v) is 10.1. The van der Waals surface area contributed by atoms with E-state index in [9.17, 15) is 0 Å². The first-order chi connectivity index (χ1) is 17.1. The van der Waals surface area contributed by atoms with Crippen LogP contribution < -0.4 is 5.73 Å². The summed E-state index contributed by atoms with van der Waals surface area (Å²) < 4.78 is 7.79. The summed E-state index contributed by atoms with van der Waals surface area (Å²) in [5, 5.41) is 0. The summed E-state index contributed by atoms with van der Waals surface area (Å²) in [6, 6.07) is 4.39. The molecule has 1 fully saturated rings. The molecule has 3 aromatic heterocycles. The van der Waals surface area contributed by atoms with E-state index in [1.54, 1.807) is 6.20 Å². The van der Waals surface area contributed by atoms with Crippen LogP contribution in [0.4, 0.5) is 5.82 Å². The predicted molar refractivity (Wildman–Crippen MR) is 139 cm³/mol. The molecule has 0 aromatic carbocycles. The summed E-state index contributed by atoms with van der Waals surface area (Å²) in [7, 11) is 1.82. The van der Waals surface area contributed by atoms with E-state index < -0.39 is 0 Å². The van der Waals surface area contributed by atoms with E-state index in [0.29, 0.717) is 23.8 Å². The first-order valence-electron chi connectivity index (χ1n) is 12.8. The third-order valence-corrected chi connectivity index (χ3v) is 8.12. The van der Waals surface area contributed by atoms with Gasteiger partial charge in [-0.25, -0.2) is 9.97 Å². The molecule has 6 rings (SSSR count). The van der Waals surface area contributed by atoms with Gasteiger partial charge in [-0.3, -0.25) is 9.38 Å². The zero-order chi connectivity index (χ0) is 23.9. The Balaban J connectivity index is 1.38. The molecule has 180 valence electrons. The van der Waals surface area contributed by atoms with Crippen LogP contribution in [0, 0.1) is 0 Å². The molecule has 3 heterocycles. The number of ether oxygens (including phenoxy) is 1. The molecule has 1 saturated carbocycles. The molecule has 0 amide bonds. The van der Waals surface area contributed by atoms with Crippen molar-refractivity contribution in [2.75, 3.05) is 12.8 Å². The normalized spacial score (nSPS) is 27.9. The van der Waals surface area contributed by atoms with Crippen LogP contribution in [0.15, 0.2) is 54.9 Å². The number of fused-ring (bicyclic) bond motifs is 2. The van der Waals surface area contributed by atoms with Gasteiger partial charge in [0.05, 0.1) is 17.5 Å². The smallest absolute Gasteiger partial charge is 0.149 e. The van der Waals surface area contributed by atoms with Crippen molar-refractivity contribution in [2.45, 2.75) is 68.8 Å². The van der Waals surface area contributed by atoms with Crippen LogP contribution in [0.1, 0.15) is 91.2 Å². The lowest BCUT2D eigenvalue weighted by Gasteiger charge is -2.27. The van der Waals surface area contributed by atoms with Gasteiger partial charge in [0, 0.05) is 48.9 Å². The Morgan fingerprint density at radius 3 is 2.66 bits per heavy atom. The molecule has 0 saturated heterocycles. The number of aromatic nitrogens is 4. The van der Waals surface area contributed by atoms with Gasteiger partial charge < -0.3 is 10.5 Å². The number of rotatable bonds is 4. The monoisotopic (exact) mass is 467 g/mol. The summed E-state index contributed by atoms with van der Waals surface area (Å²) in [5.41, 5.74) is 11.9. The van der Waals surface area contributed by atoms with Gasteiger partial charge in [-0.1, -0.05) is 49.4 Å². The van der Waals surface area contributed by atoms with Crippen LogP contribution in [-0.4, -0.2) is 32.6 Å². The molecular formula is C29H33N5O. The van der Waals surface area contributed by atoms with E-state index in [2.05, 4.69) is 64.9 Å². The molecule has 3 atom stereocenters. The molecule has 3 aromatic rings. The van der Waals surface area contributed by atoms with E-state index in [4.69, 9.17) is 20.4 Å². The third kappa shape index (κ3) is 3.90. The largest absolute Gasteiger partial charge is 0.382 e. The van der Waals surface area contributed by atoms with Crippen molar-refractivity contribution in [3.63, 3.8) is 0 Å². The molecular weight excluding hydrogens is 434 g/mol. The minimum absolute atomic E-state index is 0.0950. The van der Waals surface area contributed by atoms with Crippen LogP contribution >= 0.6 is 0 Å². The maximum absolute atomic E-state index is 6.47. The maximum atomic E-state index is 6.47. The molecule has 3 unspecified atom stereocenters. The summed E-state index contributed by atoms with van der Waals surface area (Å²) >= 11 is 0. The summed E-state index contributed by atoms with van der Waals surface area (Å²) in [6.45, 7) is 2.27. The van der Waals surface area contributed by atoms with Crippen molar-refractivity contribution >= 4 is 17.4 Å². The van der Waals surface area contributed by atoms with Crippen molar-refractivity contribution < 1.29 is 4.74 Å². The first kappa shape index (κ1) is 22.2. The number of hydrogen-bond donors (Lipinski definition) is 1. The second-order valence-electron chi connectivity index (χ2n) is 10.1. The van der Waals surface area contributed by atoms with Crippen LogP contribution in [-0.2, 0) is 4.74 Å². The van der Waals surface area contributed by atoms with E-state index in [1.165, 1.54) is 5.56 Å². The van der Waals surface area contributed by atoms with Crippen LogP contribution in [0.2, 0.25) is 0 Å². The number of allylic oxidation sites excluding steroid dienone is 5. The fraction of sp³-hybridized carbons (Fsp3) is 0.414. The molecule has 6 heteroatoms. The third-order valence-electron chi connectivity index (χ3n) is 8.12. The number of nitrogens with zero attached hydrogens (tertiary/aromatic N) is 4. The number of nitrogen functional groups attached to an aromatic ring is 1. The van der Waals surface area contributed by atoms with Gasteiger partial charge in [-0.15, -0.1) is 0 Å². The summed E-state index contributed by atoms with van der Waals surface area (Å²) in [4.78, 5) is 14.9. The Kier molecular flexibility index (Phi) is 5.77. The van der Waals surface area contributed by atoms with E-state index in [-0.39, 0.29) is 11.8 Å². The van der Waals surface area contributed by atoms with Crippen LogP contribution in [0.5, 0.6) is 0 Å². The fourth-order valence-corrected chi connectivity index (χ4v) is 6.08. The van der Waals surface area contributed by atoms with Crippen molar-refractivity contribution in [1.29, 1.82) is 0 Å². The molecule has 0 aliphatic heterocycles. The Labute approximate surface area is 206 Å². The summed E-state index contributed by atoms with van der Waals surface area (Å²) in [6.07, 6.45) is 22.6. The zero-order valence-corrected chi connectivity index (χ0v) is 20.5. The Bertz CT molecular complexity index is 1330. The quantitative estimate of drug-likeness (QED) is 0.517. The van der Waals surface area contributed by atoms with Crippen molar-refractivity contribution in [2.24, 2.45) is 0 Å². The number of imidazole rings is 1. The number of anilines is 1. The summed E-state index contributed by atoms with van der Waals surface area (Å²) in [5.74, 6) is 2.66. The highest BCUT2D eigenvalue weighted by molar-refractivity contribution is 5.72. The second kappa shape index (κ2) is 9.08. The lowest BCUT2D eigenvalue weighted by molar-refractivity contribution is 0.0650. The van der Waals surface area contributed by atoms with Crippen LogP contribution in [0.3, 0.4) is 0 Å². The van der Waals surface area contributed by atoms with Gasteiger partial charge >= 0.3 is 0 Å². The van der Waals surface area contributed by atoms with Crippen LogP contribution in [0.25, 0.3) is 11.6 Å². The first-order valence-corrected chi connectivity index (χ1v) is 12.8. The van der Waals surface area contributed by atoms with E-state index in [1.807, 2.05) is 13.3 Å². The van der Waals surface area contributed by atoms with Crippen molar-refractivity contribution in [3.05, 3.63) is 83.4 Å². The highest BCUT2D eigenvalue weighted by Crippen LogP contribution is 2.43. The standard InChI is InChI=1S/C29H33N5O/c1-18-23(14-10-20-11-15-24(32-25(18)20)19-6-4-3-5-7-19)26-27-28(30)31-16-17-34(27)29(33-26)21-8-12-22(35-2)13-9-21/h3-6,10-11,14-19,21-23H,7-9,12-13H2,1-2H3,(H2,30,31). The van der Waals surface area contributed by atoms with Crippen molar-refractivity contribution in [1.82, 2.24) is 19.4 Å². The number of hydrogen-bond acceptors (Lipinski definition) is 5. The maximum Gasteiger partial charge on any atom is 0.149 e. The number of methoxy groups -OCH3 is 1. The lowest BCUT2D eigenvalue weighted by Crippen LogP contribution is -2.20. The van der Waals surface area contributed by atoms with Gasteiger partial charge in [-0.05, 0) is 43.7 Å². The predicted octanol–water partition coefficient (Wildman–Crippen LogP) is 5.89. The molecule has 0 bridgehead atoms. The fourth-order valence-electron chi connectivity index (χ4n) is 6.08. The Morgan fingerprint density at radius 1 is 1.03 bits per heavy atom. The average Bonchev–Trinajstić information content (AvgIpc) is 3.30. The topological polar surface area (TPSA) is 78.3 Å². The van der Waals surface area contributed by atoms with E-state index in [0.717, 1.165) is 60.5 Å². The molecule has 3 aliphatic rings. The molecule has 3 aliphatic carbocycles. The Morgan fingerprint density at radius 2 is 1.89 bits per heavy atom. The zero-order valence-electron chi connectivity index (χ0n) is 20.5. The minimum Gasteiger partial charge on any atom is -0.382 e. The average molecular weight is 468 g/mol. The van der Waals surface area contributed by atoms with Crippen molar-refractivity contribution in [3.8, 4) is 0 Å². The molecule has 2 N–H and O–H groups in total. The van der Waals surface area contributed by atoms with Gasteiger partial charge in [0.15, 0.2) is 0 Å². The molecule has 0 spiro atoms. The van der Waals surface area contributed by atoms with E-state index >= 15 is 0 Å². The van der Waals surface area contributed by atoms with Gasteiger partial charge in [0.25, 0.3) is 0 Å². The molecule has 6 nitrogen and oxygen atoms in total. The van der Waals surface area contributed by atoms with Gasteiger partial charge in [0.1, 0.15) is 17.2 Å². The molecule has 35 heavy (non-hydrogen) atoms. The minimum atomic E-state index is 0.0950. The van der Waals surface area contributed by atoms with Gasteiger partial charge in [0.2, 0.25) is 0 Å². The number of pyridine rings is 1. The lowest BCUT2D eigenvalue weighted by atomic mass is 9.81.